The third-order valence-electron chi connectivity index (χ3n) is 5.49. The van der Waals surface area contributed by atoms with E-state index in [0.29, 0.717) is 5.56 Å². The van der Waals surface area contributed by atoms with Crippen molar-refractivity contribution in [2.24, 2.45) is 5.10 Å². The van der Waals surface area contributed by atoms with Gasteiger partial charge in [0, 0.05) is 12.0 Å². The Morgan fingerprint density at radius 1 is 0.793 bits per heavy atom. The predicted octanol–water partition coefficient (Wildman–Crippen LogP) is 6.01. The molecule has 1 aliphatic heterocycles. The van der Waals surface area contributed by atoms with Gasteiger partial charge in [-0.05, 0) is 46.2 Å². The molecule has 29 heavy (non-hydrogen) atoms. The number of nitrogens with zero attached hydrogens (tertiary/aromatic N) is 2. The average molecular weight is 376 g/mol. The number of hydrogen-bond donors (Lipinski definition) is 0. The van der Waals surface area contributed by atoms with Gasteiger partial charge in [0.15, 0.2) is 0 Å². The summed E-state index contributed by atoms with van der Waals surface area (Å²) in [7, 11) is 0. The summed E-state index contributed by atoms with van der Waals surface area (Å²) >= 11 is 0. The molecule has 0 aromatic heterocycles. The highest BCUT2D eigenvalue weighted by Crippen LogP contribution is 2.39. The van der Waals surface area contributed by atoms with Crippen molar-refractivity contribution in [1.82, 2.24) is 0 Å². The van der Waals surface area contributed by atoms with Crippen LogP contribution in [0.25, 0.3) is 10.8 Å². The molecule has 0 radical (unpaired) electrons. The molecule has 1 atom stereocenters. The Kier molecular flexibility index (Phi) is 4.41. The highest BCUT2D eigenvalue weighted by molar-refractivity contribution is 6.04. The van der Waals surface area contributed by atoms with Gasteiger partial charge < -0.3 is 0 Å². The molecule has 0 fully saturated rings. The molecule has 0 saturated heterocycles. The van der Waals surface area contributed by atoms with E-state index in [0.717, 1.165) is 29.7 Å². The highest BCUT2D eigenvalue weighted by Gasteiger charge is 2.30. The van der Waals surface area contributed by atoms with E-state index in [2.05, 4.69) is 59.6 Å². The minimum Gasteiger partial charge on any atom is -0.298 e. The number of fused-ring (bicyclic) bond motifs is 1. The van der Waals surface area contributed by atoms with Crippen molar-refractivity contribution in [3.63, 3.8) is 0 Å². The van der Waals surface area contributed by atoms with Crippen LogP contribution in [-0.2, 0) is 0 Å². The number of aldehydes is 1. The van der Waals surface area contributed by atoms with E-state index in [-0.39, 0.29) is 6.04 Å². The molecule has 0 bridgehead atoms. The highest BCUT2D eigenvalue weighted by atomic mass is 16.1. The van der Waals surface area contributed by atoms with Gasteiger partial charge in [-0.3, -0.25) is 9.80 Å². The maximum Gasteiger partial charge on any atom is 0.150 e. The monoisotopic (exact) mass is 376 g/mol. The standard InChI is InChI=1S/C26H20N2O/c29-18-19-13-15-22(16-14-19)28-26(17-25(27-28)21-8-2-1-3-9-21)24-12-6-10-20-7-4-5-11-23(20)24/h1-16,18,26H,17H2. The Morgan fingerprint density at radius 2 is 1.52 bits per heavy atom. The van der Waals surface area contributed by atoms with Crippen LogP contribution in [0.3, 0.4) is 0 Å². The topological polar surface area (TPSA) is 32.7 Å². The summed E-state index contributed by atoms with van der Waals surface area (Å²) in [5.41, 5.74) is 5.13. The van der Waals surface area contributed by atoms with Gasteiger partial charge in [0.05, 0.1) is 17.4 Å². The normalized spacial score (nSPS) is 16.1. The predicted molar refractivity (Wildman–Crippen MR) is 119 cm³/mol. The number of hydrazone groups is 1. The number of hydrogen-bond acceptors (Lipinski definition) is 3. The Labute approximate surface area is 169 Å². The van der Waals surface area contributed by atoms with Crippen LogP contribution in [0, 0.1) is 0 Å². The lowest BCUT2D eigenvalue weighted by atomic mass is 9.94. The number of anilines is 1. The lowest BCUT2D eigenvalue weighted by Gasteiger charge is -2.25. The van der Waals surface area contributed by atoms with Crippen molar-refractivity contribution in [2.45, 2.75) is 12.5 Å². The van der Waals surface area contributed by atoms with E-state index in [9.17, 15) is 4.79 Å². The Hall–Kier alpha value is -3.72. The number of carbonyl (C=O) groups is 1. The lowest BCUT2D eigenvalue weighted by Crippen LogP contribution is -2.18. The number of benzene rings is 4. The van der Waals surface area contributed by atoms with Crippen LogP contribution in [-0.4, -0.2) is 12.0 Å². The molecule has 140 valence electrons. The molecule has 0 aliphatic carbocycles. The minimum absolute atomic E-state index is 0.0957. The zero-order valence-electron chi connectivity index (χ0n) is 15.9. The number of carbonyl (C=O) groups excluding carboxylic acids is 1. The molecular formula is C26H20N2O. The summed E-state index contributed by atoms with van der Waals surface area (Å²) in [5.74, 6) is 0. The van der Waals surface area contributed by atoms with Gasteiger partial charge in [-0.25, -0.2) is 0 Å². The van der Waals surface area contributed by atoms with Gasteiger partial charge in [-0.2, -0.15) is 5.10 Å². The van der Waals surface area contributed by atoms with Crippen molar-refractivity contribution < 1.29 is 4.79 Å². The molecule has 1 heterocycles. The summed E-state index contributed by atoms with van der Waals surface area (Å²) in [5, 5.41) is 9.59. The fourth-order valence-corrected chi connectivity index (χ4v) is 4.04. The average Bonchev–Trinajstić information content (AvgIpc) is 3.24. The van der Waals surface area contributed by atoms with Crippen molar-refractivity contribution in [3.8, 4) is 0 Å². The summed E-state index contributed by atoms with van der Waals surface area (Å²) in [4.78, 5) is 11.1. The molecule has 1 unspecified atom stereocenters. The fourth-order valence-electron chi connectivity index (χ4n) is 4.04. The minimum atomic E-state index is 0.0957. The van der Waals surface area contributed by atoms with Crippen molar-refractivity contribution in [3.05, 3.63) is 114 Å². The summed E-state index contributed by atoms with van der Waals surface area (Å²) in [6.45, 7) is 0. The molecule has 0 N–H and O–H groups in total. The van der Waals surface area contributed by atoms with Crippen molar-refractivity contribution in [2.75, 3.05) is 5.01 Å². The largest absolute Gasteiger partial charge is 0.298 e. The van der Waals surface area contributed by atoms with Gasteiger partial charge >= 0.3 is 0 Å². The molecule has 0 amide bonds. The molecule has 0 spiro atoms. The first-order valence-corrected chi connectivity index (χ1v) is 9.78. The fraction of sp³-hybridized carbons (Fsp3) is 0.0769. The van der Waals surface area contributed by atoms with Gasteiger partial charge in [0.1, 0.15) is 6.29 Å². The summed E-state index contributed by atoms with van der Waals surface area (Å²) < 4.78 is 0. The van der Waals surface area contributed by atoms with Crippen molar-refractivity contribution in [1.29, 1.82) is 0 Å². The van der Waals surface area contributed by atoms with Crippen LogP contribution in [0.5, 0.6) is 0 Å². The Balaban J connectivity index is 1.63. The van der Waals surface area contributed by atoms with E-state index in [1.54, 1.807) is 0 Å². The molecule has 0 saturated carbocycles. The quantitative estimate of drug-likeness (QED) is 0.409. The van der Waals surface area contributed by atoms with Crippen LogP contribution >= 0.6 is 0 Å². The third-order valence-corrected chi connectivity index (χ3v) is 5.49. The molecule has 4 aromatic rings. The van der Waals surface area contributed by atoms with E-state index < -0.39 is 0 Å². The summed E-state index contributed by atoms with van der Waals surface area (Å²) in [6.07, 6.45) is 1.70. The van der Waals surface area contributed by atoms with Crippen LogP contribution in [0.4, 0.5) is 5.69 Å². The molecule has 4 aromatic carbocycles. The second-order valence-electron chi connectivity index (χ2n) is 7.25. The first-order chi connectivity index (χ1) is 14.3. The van der Waals surface area contributed by atoms with Gasteiger partial charge in [-0.15, -0.1) is 0 Å². The van der Waals surface area contributed by atoms with E-state index >= 15 is 0 Å². The zero-order chi connectivity index (χ0) is 19.6. The molecule has 1 aliphatic rings. The Bertz CT molecular complexity index is 1190. The smallest absolute Gasteiger partial charge is 0.150 e. The van der Waals surface area contributed by atoms with Crippen LogP contribution in [0.1, 0.15) is 33.9 Å². The summed E-state index contributed by atoms with van der Waals surface area (Å²) in [6, 6.07) is 33.0. The Morgan fingerprint density at radius 3 is 2.31 bits per heavy atom. The maximum absolute atomic E-state index is 11.1. The van der Waals surface area contributed by atoms with Crippen LogP contribution in [0.15, 0.2) is 102 Å². The second-order valence-corrected chi connectivity index (χ2v) is 7.25. The maximum atomic E-state index is 11.1. The molecule has 5 rings (SSSR count). The van der Waals surface area contributed by atoms with Crippen LogP contribution < -0.4 is 5.01 Å². The van der Waals surface area contributed by atoms with Gasteiger partial charge in [-0.1, -0.05) is 72.8 Å². The van der Waals surface area contributed by atoms with Crippen LogP contribution in [0.2, 0.25) is 0 Å². The van der Waals surface area contributed by atoms with E-state index in [1.807, 2.05) is 42.5 Å². The zero-order valence-corrected chi connectivity index (χ0v) is 15.9. The molecular weight excluding hydrogens is 356 g/mol. The van der Waals surface area contributed by atoms with Gasteiger partial charge in [0.25, 0.3) is 0 Å². The van der Waals surface area contributed by atoms with Crippen molar-refractivity contribution >= 4 is 28.5 Å². The SMILES string of the molecule is O=Cc1ccc(N2N=C(c3ccccc3)CC2c2cccc3ccccc23)cc1. The van der Waals surface area contributed by atoms with E-state index in [4.69, 9.17) is 5.10 Å². The third kappa shape index (κ3) is 3.21. The second kappa shape index (κ2) is 7.36. The van der Waals surface area contributed by atoms with Gasteiger partial charge in [0.2, 0.25) is 0 Å². The molecule has 3 heteroatoms. The first-order valence-electron chi connectivity index (χ1n) is 9.78. The number of rotatable bonds is 4. The first kappa shape index (κ1) is 17.4. The molecule has 3 nitrogen and oxygen atoms in total. The lowest BCUT2D eigenvalue weighted by molar-refractivity contribution is 0.112. The van der Waals surface area contributed by atoms with E-state index in [1.165, 1.54) is 16.3 Å².